The lowest BCUT2D eigenvalue weighted by atomic mass is 9.71. The Morgan fingerprint density at radius 1 is 0.652 bits per heavy atom. The van der Waals surface area contributed by atoms with Crippen LogP contribution in [0.1, 0.15) is 132 Å². The Hall–Kier alpha value is 0. The fraction of sp³-hybridized carbons (Fsp3) is 1.00. The zero-order valence-electron chi connectivity index (χ0n) is 17.8. The van der Waals surface area contributed by atoms with Crippen molar-refractivity contribution in [1.29, 1.82) is 0 Å². The highest BCUT2D eigenvalue weighted by Gasteiger charge is 2.27. The van der Waals surface area contributed by atoms with Gasteiger partial charge in [0.2, 0.25) is 0 Å². The Kier molecular flexibility index (Phi) is 12.4. The summed E-state index contributed by atoms with van der Waals surface area (Å²) >= 11 is 0. The van der Waals surface area contributed by atoms with Crippen molar-refractivity contribution < 1.29 is 0 Å². The third-order valence-corrected chi connectivity index (χ3v) is 5.63. The molecule has 0 heterocycles. The summed E-state index contributed by atoms with van der Waals surface area (Å²) in [6.45, 7) is 16.9. The van der Waals surface area contributed by atoms with Crippen molar-refractivity contribution in [2.45, 2.75) is 132 Å². The van der Waals surface area contributed by atoms with Crippen molar-refractivity contribution in [3.05, 3.63) is 0 Å². The smallest absolute Gasteiger partial charge is 0.0349 e. The van der Waals surface area contributed by atoms with Crippen LogP contribution in [0.4, 0.5) is 0 Å². The van der Waals surface area contributed by atoms with Gasteiger partial charge in [-0.3, -0.25) is 0 Å². The second-order valence-corrected chi connectivity index (χ2v) is 9.78. The van der Waals surface area contributed by atoms with Gasteiger partial charge in [0.25, 0.3) is 0 Å². The highest BCUT2D eigenvalue weighted by Crippen LogP contribution is 2.40. The summed E-state index contributed by atoms with van der Waals surface area (Å²) in [5, 5.41) is 0. The molecule has 23 heavy (non-hydrogen) atoms. The van der Waals surface area contributed by atoms with E-state index in [1.807, 2.05) is 0 Å². The second kappa shape index (κ2) is 12.4. The van der Waals surface area contributed by atoms with Gasteiger partial charge in [-0.15, -0.1) is 0 Å². The molecule has 0 amide bonds. The number of hydrogen-bond acceptors (Lipinski definition) is 0. The number of rotatable bonds is 15. The van der Waals surface area contributed by atoms with E-state index in [1.54, 1.807) is 0 Å². The molecule has 0 aromatic carbocycles. The van der Waals surface area contributed by atoms with E-state index in [0.717, 1.165) is 5.92 Å². The predicted molar refractivity (Wildman–Crippen MR) is 108 cm³/mol. The fourth-order valence-electron chi connectivity index (χ4n) is 4.33. The molecular weight excluding hydrogens is 276 g/mol. The molecular formula is C23H48. The second-order valence-electron chi connectivity index (χ2n) is 9.78. The number of hydrogen-bond donors (Lipinski definition) is 0. The largest absolute Gasteiger partial charge is 0.0654 e. The monoisotopic (exact) mass is 324 g/mol. The van der Waals surface area contributed by atoms with Crippen LogP contribution in [0, 0.1) is 16.7 Å². The summed E-state index contributed by atoms with van der Waals surface area (Å²) < 4.78 is 0. The molecule has 0 rings (SSSR count). The first-order valence-electron chi connectivity index (χ1n) is 10.7. The minimum atomic E-state index is 0.522. The molecule has 0 spiro atoms. The van der Waals surface area contributed by atoms with Gasteiger partial charge in [-0.2, -0.15) is 0 Å². The SMILES string of the molecule is CCCC(C)(C)CC(C)(C)CCCCCCCCCC(C)CC. The molecule has 0 aliphatic heterocycles. The zero-order valence-corrected chi connectivity index (χ0v) is 17.8. The van der Waals surface area contributed by atoms with Crippen LogP contribution >= 0.6 is 0 Å². The van der Waals surface area contributed by atoms with Gasteiger partial charge in [0, 0.05) is 0 Å². The Morgan fingerprint density at radius 2 is 1.13 bits per heavy atom. The zero-order chi connectivity index (χ0) is 17.8. The van der Waals surface area contributed by atoms with Gasteiger partial charge in [0.1, 0.15) is 0 Å². The lowest BCUT2D eigenvalue weighted by molar-refractivity contribution is 0.167. The van der Waals surface area contributed by atoms with E-state index in [9.17, 15) is 0 Å². The Morgan fingerprint density at radius 3 is 1.65 bits per heavy atom. The lowest BCUT2D eigenvalue weighted by Crippen LogP contribution is -2.23. The minimum absolute atomic E-state index is 0.522. The maximum absolute atomic E-state index is 2.49. The van der Waals surface area contributed by atoms with Crippen LogP contribution in [-0.4, -0.2) is 0 Å². The molecule has 0 N–H and O–H groups in total. The topological polar surface area (TPSA) is 0 Å². The van der Waals surface area contributed by atoms with Crippen molar-refractivity contribution in [3.63, 3.8) is 0 Å². The molecule has 0 fully saturated rings. The Balaban J connectivity index is 3.59. The first-order chi connectivity index (χ1) is 10.7. The van der Waals surface area contributed by atoms with Crippen molar-refractivity contribution in [2.24, 2.45) is 16.7 Å². The molecule has 0 radical (unpaired) electrons. The van der Waals surface area contributed by atoms with E-state index in [-0.39, 0.29) is 0 Å². The molecule has 1 unspecified atom stereocenters. The molecule has 0 nitrogen and oxygen atoms in total. The predicted octanol–water partition coefficient (Wildman–Crippen LogP) is 8.79. The van der Waals surface area contributed by atoms with Crippen LogP contribution in [0.2, 0.25) is 0 Å². The minimum Gasteiger partial charge on any atom is -0.0654 e. The van der Waals surface area contributed by atoms with E-state index < -0.39 is 0 Å². The summed E-state index contributed by atoms with van der Waals surface area (Å²) in [6.07, 6.45) is 18.4. The van der Waals surface area contributed by atoms with Crippen molar-refractivity contribution in [1.82, 2.24) is 0 Å². The maximum atomic E-state index is 2.49. The summed E-state index contributed by atoms with van der Waals surface area (Å²) in [6, 6.07) is 0. The van der Waals surface area contributed by atoms with Crippen LogP contribution in [0.15, 0.2) is 0 Å². The highest BCUT2D eigenvalue weighted by molar-refractivity contribution is 4.79. The van der Waals surface area contributed by atoms with Gasteiger partial charge in [0.05, 0.1) is 0 Å². The molecule has 0 saturated carbocycles. The normalized spacial score (nSPS) is 14.2. The van der Waals surface area contributed by atoms with Crippen LogP contribution in [0.5, 0.6) is 0 Å². The summed E-state index contributed by atoms with van der Waals surface area (Å²) in [5.41, 5.74) is 1.04. The molecule has 0 aromatic heterocycles. The van der Waals surface area contributed by atoms with Crippen molar-refractivity contribution in [2.75, 3.05) is 0 Å². The highest BCUT2D eigenvalue weighted by atomic mass is 14.3. The molecule has 1 atom stereocenters. The molecule has 0 bridgehead atoms. The van der Waals surface area contributed by atoms with Crippen LogP contribution in [0.25, 0.3) is 0 Å². The molecule has 0 aliphatic carbocycles. The van der Waals surface area contributed by atoms with Gasteiger partial charge >= 0.3 is 0 Å². The molecule has 0 aromatic rings. The van der Waals surface area contributed by atoms with E-state index in [0.29, 0.717) is 10.8 Å². The summed E-state index contributed by atoms with van der Waals surface area (Å²) in [5.74, 6) is 0.939. The van der Waals surface area contributed by atoms with Gasteiger partial charge in [-0.25, -0.2) is 0 Å². The van der Waals surface area contributed by atoms with E-state index in [4.69, 9.17) is 0 Å². The van der Waals surface area contributed by atoms with Crippen LogP contribution in [0.3, 0.4) is 0 Å². The quantitative estimate of drug-likeness (QED) is 0.264. The first-order valence-corrected chi connectivity index (χ1v) is 10.7. The van der Waals surface area contributed by atoms with Gasteiger partial charge in [-0.05, 0) is 36.0 Å². The maximum Gasteiger partial charge on any atom is -0.0349 e. The lowest BCUT2D eigenvalue weighted by Gasteiger charge is -2.35. The average Bonchev–Trinajstić information content (AvgIpc) is 2.43. The molecule has 0 heteroatoms. The summed E-state index contributed by atoms with van der Waals surface area (Å²) in [4.78, 5) is 0. The third-order valence-electron chi connectivity index (χ3n) is 5.63. The first kappa shape index (κ1) is 23.0. The standard InChI is InChI=1S/C23H48/c1-8-18-22(4,5)20-23(6,7)19-16-14-12-10-11-13-15-17-21(3)9-2/h21H,8-20H2,1-7H3. The summed E-state index contributed by atoms with van der Waals surface area (Å²) in [7, 11) is 0. The van der Waals surface area contributed by atoms with Gasteiger partial charge < -0.3 is 0 Å². The van der Waals surface area contributed by atoms with Crippen molar-refractivity contribution in [3.8, 4) is 0 Å². The average molecular weight is 325 g/mol. The third kappa shape index (κ3) is 14.1. The van der Waals surface area contributed by atoms with Crippen LogP contribution in [-0.2, 0) is 0 Å². The number of unbranched alkanes of at least 4 members (excludes halogenated alkanes) is 6. The Bertz CT molecular complexity index is 261. The molecule has 140 valence electrons. The van der Waals surface area contributed by atoms with Gasteiger partial charge in [0.15, 0.2) is 0 Å². The van der Waals surface area contributed by atoms with E-state index in [1.165, 1.54) is 83.5 Å². The Labute approximate surface area is 149 Å². The van der Waals surface area contributed by atoms with E-state index >= 15 is 0 Å². The fourth-order valence-corrected chi connectivity index (χ4v) is 4.33. The molecule has 0 saturated heterocycles. The van der Waals surface area contributed by atoms with Gasteiger partial charge in [-0.1, -0.05) is 113 Å². The molecule has 0 aliphatic rings. The van der Waals surface area contributed by atoms with Crippen molar-refractivity contribution >= 4 is 0 Å². The van der Waals surface area contributed by atoms with Crippen LogP contribution < -0.4 is 0 Å². The van der Waals surface area contributed by atoms with E-state index in [2.05, 4.69) is 48.5 Å².